The minimum absolute atomic E-state index is 0.172. The van der Waals surface area contributed by atoms with Gasteiger partial charge in [-0.2, -0.15) is 10.1 Å². The number of amides is 1. The Morgan fingerprint density at radius 1 is 1.43 bits per heavy atom. The van der Waals surface area contributed by atoms with E-state index in [1.54, 1.807) is 7.05 Å². The normalized spacial score (nSPS) is 10.8. The molecule has 7 nitrogen and oxygen atoms in total. The van der Waals surface area contributed by atoms with Crippen molar-refractivity contribution in [3.8, 4) is 0 Å². The standard InChI is InChI=1S/C13H11FN4O3/c1-18-13(15-7-16-18)17-12(21)9-6-8(2-4-10(9)14)3-5-11(19)20/h2-7H,1H3,(H,19,20)(H,15,16,17,21)/b5-3+. The second kappa shape index (κ2) is 5.95. The highest BCUT2D eigenvalue weighted by Gasteiger charge is 2.14. The first-order valence-corrected chi connectivity index (χ1v) is 5.83. The van der Waals surface area contributed by atoms with Gasteiger partial charge in [0.25, 0.3) is 5.91 Å². The third-order valence-electron chi connectivity index (χ3n) is 2.59. The molecule has 2 aromatic rings. The summed E-state index contributed by atoms with van der Waals surface area (Å²) in [5, 5.41) is 14.7. The van der Waals surface area contributed by atoms with Gasteiger partial charge in [0.1, 0.15) is 12.1 Å². The number of rotatable bonds is 4. The van der Waals surface area contributed by atoms with Crippen LogP contribution in [0.25, 0.3) is 6.08 Å². The Balaban J connectivity index is 2.26. The molecular formula is C13H11FN4O3. The van der Waals surface area contributed by atoms with E-state index in [1.807, 2.05) is 0 Å². The van der Waals surface area contributed by atoms with Gasteiger partial charge in [-0.15, -0.1) is 0 Å². The average molecular weight is 290 g/mol. The van der Waals surface area contributed by atoms with Crippen LogP contribution in [0.1, 0.15) is 15.9 Å². The third kappa shape index (κ3) is 3.50. The Bertz CT molecular complexity index is 724. The smallest absolute Gasteiger partial charge is 0.328 e. The molecule has 0 atom stereocenters. The lowest BCUT2D eigenvalue weighted by Gasteiger charge is -2.06. The first-order chi connectivity index (χ1) is 9.97. The third-order valence-corrected chi connectivity index (χ3v) is 2.59. The predicted octanol–water partition coefficient (Wildman–Crippen LogP) is 1.30. The maximum atomic E-state index is 13.7. The van der Waals surface area contributed by atoms with Crippen LogP contribution in [-0.2, 0) is 11.8 Å². The molecule has 2 N–H and O–H groups in total. The Morgan fingerprint density at radius 2 is 2.19 bits per heavy atom. The maximum absolute atomic E-state index is 13.7. The molecule has 2 rings (SSSR count). The first-order valence-electron chi connectivity index (χ1n) is 5.83. The van der Waals surface area contributed by atoms with E-state index in [1.165, 1.54) is 29.2 Å². The minimum Gasteiger partial charge on any atom is -0.478 e. The number of benzene rings is 1. The molecule has 0 radical (unpaired) electrons. The van der Waals surface area contributed by atoms with E-state index >= 15 is 0 Å². The summed E-state index contributed by atoms with van der Waals surface area (Å²) in [5.74, 6) is -2.38. The van der Waals surface area contributed by atoms with Gasteiger partial charge in [0.15, 0.2) is 0 Å². The van der Waals surface area contributed by atoms with E-state index < -0.39 is 17.7 Å². The molecule has 0 aliphatic carbocycles. The quantitative estimate of drug-likeness (QED) is 0.827. The van der Waals surface area contributed by atoms with Gasteiger partial charge in [0.2, 0.25) is 5.95 Å². The largest absolute Gasteiger partial charge is 0.478 e. The van der Waals surface area contributed by atoms with Gasteiger partial charge < -0.3 is 5.11 Å². The van der Waals surface area contributed by atoms with Crippen molar-refractivity contribution in [2.45, 2.75) is 0 Å². The summed E-state index contributed by atoms with van der Waals surface area (Å²) in [4.78, 5) is 26.3. The van der Waals surface area contributed by atoms with Crippen molar-refractivity contribution in [1.82, 2.24) is 14.8 Å². The summed E-state index contributed by atoms with van der Waals surface area (Å²) in [6, 6.07) is 3.71. The highest BCUT2D eigenvalue weighted by atomic mass is 19.1. The van der Waals surface area contributed by atoms with Crippen LogP contribution >= 0.6 is 0 Å². The number of anilines is 1. The number of aromatic nitrogens is 3. The molecule has 1 aromatic carbocycles. The molecule has 0 bridgehead atoms. The number of nitrogens with one attached hydrogen (secondary N) is 1. The molecule has 21 heavy (non-hydrogen) atoms. The van der Waals surface area contributed by atoms with Gasteiger partial charge in [-0.25, -0.2) is 13.9 Å². The van der Waals surface area contributed by atoms with Crippen molar-refractivity contribution >= 4 is 23.9 Å². The fourth-order valence-electron chi connectivity index (χ4n) is 1.57. The van der Waals surface area contributed by atoms with Crippen molar-refractivity contribution in [3.63, 3.8) is 0 Å². The van der Waals surface area contributed by atoms with Crippen LogP contribution in [0.5, 0.6) is 0 Å². The van der Waals surface area contributed by atoms with E-state index in [4.69, 9.17) is 5.11 Å². The summed E-state index contributed by atoms with van der Waals surface area (Å²) in [6.07, 6.45) is 3.41. The van der Waals surface area contributed by atoms with Crippen LogP contribution in [0.15, 0.2) is 30.6 Å². The molecule has 0 aliphatic heterocycles. The van der Waals surface area contributed by atoms with Crippen LogP contribution in [0.3, 0.4) is 0 Å². The van der Waals surface area contributed by atoms with Crippen molar-refractivity contribution < 1.29 is 19.1 Å². The van der Waals surface area contributed by atoms with E-state index in [-0.39, 0.29) is 11.5 Å². The number of nitrogens with zero attached hydrogens (tertiary/aromatic N) is 3. The number of carbonyl (C=O) groups excluding carboxylic acids is 1. The molecule has 1 heterocycles. The number of hydrogen-bond donors (Lipinski definition) is 2. The van der Waals surface area contributed by atoms with Gasteiger partial charge in [0, 0.05) is 13.1 Å². The zero-order valence-corrected chi connectivity index (χ0v) is 10.9. The van der Waals surface area contributed by atoms with Crippen LogP contribution in [0.4, 0.5) is 10.3 Å². The Labute approximate surface area is 118 Å². The zero-order chi connectivity index (χ0) is 15.4. The topological polar surface area (TPSA) is 97.1 Å². The van der Waals surface area contributed by atoms with Gasteiger partial charge in [0.05, 0.1) is 5.56 Å². The van der Waals surface area contributed by atoms with Crippen LogP contribution < -0.4 is 5.32 Å². The van der Waals surface area contributed by atoms with Crippen molar-refractivity contribution in [3.05, 3.63) is 47.5 Å². The van der Waals surface area contributed by atoms with Gasteiger partial charge in [-0.3, -0.25) is 10.1 Å². The Kier molecular flexibility index (Phi) is 4.07. The second-order valence-electron chi connectivity index (χ2n) is 4.07. The molecule has 0 saturated heterocycles. The molecule has 0 saturated carbocycles. The number of carboxylic acids is 1. The fraction of sp³-hybridized carbons (Fsp3) is 0.0769. The van der Waals surface area contributed by atoms with Crippen molar-refractivity contribution in [1.29, 1.82) is 0 Å². The monoisotopic (exact) mass is 290 g/mol. The molecule has 0 unspecified atom stereocenters. The van der Waals surface area contributed by atoms with Gasteiger partial charge in [-0.05, 0) is 23.8 Å². The first kappa shape index (κ1) is 14.4. The number of carboxylic acid groups (broad SMARTS) is 1. The van der Waals surface area contributed by atoms with E-state index in [0.717, 1.165) is 12.1 Å². The zero-order valence-electron chi connectivity index (χ0n) is 10.9. The van der Waals surface area contributed by atoms with Gasteiger partial charge in [-0.1, -0.05) is 6.07 Å². The highest BCUT2D eigenvalue weighted by molar-refractivity contribution is 6.04. The number of hydrogen-bond acceptors (Lipinski definition) is 4. The highest BCUT2D eigenvalue weighted by Crippen LogP contribution is 2.14. The summed E-state index contributed by atoms with van der Waals surface area (Å²) >= 11 is 0. The molecule has 1 amide bonds. The second-order valence-corrected chi connectivity index (χ2v) is 4.07. The summed E-state index contributed by atoms with van der Waals surface area (Å²) < 4.78 is 15.0. The maximum Gasteiger partial charge on any atom is 0.328 e. The molecule has 8 heteroatoms. The molecule has 0 spiro atoms. The van der Waals surface area contributed by atoms with Crippen molar-refractivity contribution in [2.24, 2.45) is 7.05 Å². The van der Waals surface area contributed by atoms with Crippen LogP contribution in [-0.4, -0.2) is 31.7 Å². The van der Waals surface area contributed by atoms with Crippen LogP contribution in [0, 0.1) is 5.82 Å². The number of halogens is 1. The van der Waals surface area contributed by atoms with Crippen molar-refractivity contribution in [2.75, 3.05) is 5.32 Å². The molecule has 0 fully saturated rings. The minimum atomic E-state index is -1.13. The fourth-order valence-corrected chi connectivity index (χ4v) is 1.57. The average Bonchev–Trinajstić information content (AvgIpc) is 2.83. The lowest BCUT2D eigenvalue weighted by atomic mass is 10.1. The summed E-state index contributed by atoms with van der Waals surface area (Å²) in [5.41, 5.74) is 0.174. The van der Waals surface area contributed by atoms with E-state index in [9.17, 15) is 14.0 Å². The molecule has 108 valence electrons. The number of aryl methyl sites for hydroxylation is 1. The van der Waals surface area contributed by atoms with Crippen LogP contribution in [0.2, 0.25) is 0 Å². The number of carbonyl (C=O) groups is 2. The lowest BCUT2D eigenvalue weighted by Crippen LogP contribution is -2.17. The SMILES string of the molecule is Cn1ncnc1NC(=O)c1cc(/C=C/C(=O)O)ccc1F. The molecule has 1 aromatic heterocycles. The van der Waals surface area contributed by atoms with E-state index in [2.05, 4.69) is 15.4 Å². The van der Waals surface area contributed by atoms with Gasteiger partial charge >= 0.3 is 5.97 Å². The molecule has 0 aliphatic rings. The summed E-state index contributed by atoms with van der Waals surface area (Å²) in [7, 11) is 1.57. The Hall–Kier alpha value is -3.03. The number of aliphatic carboxylic acids is 1. The van der Waals surface area contributed by atoms with E-state index in [0.29, 0.717) is 5.56 Å². The Morgan fingerprint density at radius 3 is 2.81 bits per heavy atom. The predicted molar refractivity (Wildman–Crippen MR) is 72.0 cm³/mol. The summed E-state index contributed by atoms with van der Waals surface area (Å²) in [6.45, 7) is 0. The lowest BCUT2D eigenvalue weighted by molar-refractivity contribution is -0.131. The molecular weight excluding hydrogens is 279 g/mol.